The molecule has 0 amide bonds. The number of aromatic nitrogens is 4. The van der Waals surface area contributed by atoms with Gasteiger partial charge in [-0.2, -0.15) is 0 Å². The van der Waals surface area contributed by atoms with E-state index in [4.69, 9.17) is 4.31 Å². The minimum absolute atomic E-state index is 1.14. The third kappa shape index (κ3) is 6.99. The van der Waals surface area contributed by atoms with E-state index in [9.17, 15) is 0 Å². The van der Waals surface area contributed by atoms with Crippen molar-refractivity contribution in [1.82, 2.24) is 0 Å². The van der Waals surface area contributed by atoms with Gasteiger partial charge in [0, 0.05) is 128 Å². The molecule has 0 aliphatic rings. The first-order valence-corrected chi connectivity index (χ1v) is 15.0. The molecule has 4 aromatic heterocycles. The Bertz CT molecular complexity index is 1120. The first-order valence-electron chi connectivity index (χ1n) is 12.7. The van der Waals surface area contributed by atoms with Crippen LogP contribution in [0.3, 0.4) is 0 Å². The molecule has 4 heterocycles. The zero-order valence-electron chi connectivity index (χ0n) is 24.1. The fraction of sp³-hybridized carbons (Fsp3) is 0.286. The summed E-state index contributed by atoms with van der Waals surface area (Å²) >= 11 is 0. The molecule has 0 aliphatic carbocycles. The Morgan fingerprint density at radius 1 is 0.385 bits per heavy atom. The van der Waals surface area contributed by atoms with E-state index in [-0.39, 0.29) is 0 Å². The second-order valence-electron chi connectivity index (χ2n) is 9.91. The molecule has 0 aliphatic heterocycles. The van der Waals surface area contributed by atoms with Gasteiger partial charge in [-0.3, -0.25) is 0 Å². The van der Waals surface area contributed by atoms with Crippen molar-refractivity contribution in [2.24, 2.45) is 0 Å². The van der Waals surface area contributed by atoms with Crippen molar-refractivity contribution >= 4 is 39.6 Å². The summed E-state index contributed by atoms with van der Waals surface area (Å²) in [7, 11) is 13.8. The zero-order valence-corrected chi connectivity index (χ0v) is 25.9. The minimum Gasteiger partial charge on any atom is -0.377 e. The highest BCUT2D eigenvalue weighted by atomic mass is 31.2. The molecule has 0 bridgehead atoms. The van der Waals surface area contributed by atoms with Crippen molar-refractivity contribution in [3.63, 3.8) is 0 Å². The summed E-state index contributed by atoms with van der Waals surface area (Å²) in [4.78, 5) is 8.40. The van der Waals surface area contributed by atoms with E-state index in [0.29, 0.717) is 0 Å². The van der Waals surface area contributed by atoms with E-state index in [1.165, 1.54) is 0 Å². The SMILES string of the molecule is CN(C)c1cc[n+](P(OP([n+]2ccc(N(C)C)cc2)[n+]2ccc(N(C)C)cc2)[n+]2ccc(N(C)C)cc2)cc1. The number of hydrogen-bond donors (Lipinski definition) is 0. The number of pyridine rings is 4. The Kier molecular flexibility index (Phi) is 9.28. The average molecular weight is 567 g/mol. The predicted molar refractivity (Wildman–Crippen MR) is 160 cm³/mol. The quantitative estimate of drug-likeness (QED) is 0.276. The van der Waals surface area contributed by atoms with E-state index in [0.717, 1.165) is 22.7 Å². The second kappa shape index (κ2) is 12.6. The summed E-state index contributed by atoms with van der Waals surface area (Å²) in [6.07, 6.45) is 16.8. The van der Waals surface area contributed by atoms with Crippen LogP contribution < -0.4 is 37.0 Å². The second-order valence-corrected chi connectivity index (χ2v) is 13.4. The van der Waals surface area contributed by atoms with E-state index in [2.05, 4.69) is 191 Å². The molecule has 0 aromatic carbocycles. The maximum absolute atomic E-state index is 7.12. The van der Waals surface area contributed by atoms with Gasteiger partial charge in [-0.05, 0) is 0 Å². The van der Waals surface area contributed by atoms with Crippen LogP contribution in [0.1, 0.15) is 0 Å². The topological polar surface area (TPSA) is 37.7 Å². The molecule has 4 rings (SSSR count). The highest BCUT2D eigenvalue weighted by Gasteiger charge is 2.51. The van der Waals surface area contributed by atoms with Gasteiger partial charge in [0.15, 0.2) is 49.6 Å². The van der Waals surface area contributed by atoms with Gasteiger partial charge in [0.1, 0.15) is 0 Å². The third-order valence-corrected chi connectivity index (χ3v) is 10.0. The summed E-state index contributed by atoms with van der Waals surface area (Å²) in [6, 6.07) is 17.0. The van der Waals surface area contributed by atoms with Crippen LogP contribution in [0.2, 0.25) is 0 Å². The first kappa shape index (κ1) is 28.6. The standard InChI is InChI=1S/C28H40N8OP2/c1-29(2)25-9-17-33(18-10-25)38(34-19-11-26(12-20-34)30(3)4)37-39(35-21-13-27(14-22-35)31(5)6)36-23-15-28(16-24-36)32(7)8/h9-24H,1-8H3/q+4. The lowest BCUT2D eigenvalue weighted by atomic mass is 10.4. The summed E-state index contributed by atoms with van der Waals surface area (Å²) in [5.41, 5.74) is 4.55. The van der Waals surface area contributed by atoms with Crippen molar-refractivity contribution in [2.75, 3.05) is 76.0 Å². The lowest BCUT2D eigenvalue weighted by Crippen LogP contribution is -2.49. The van der Waals surface area contributed by atoms with Crippen LogP contribution in [-0.2, 0) is 4.31 Å². The van der Waals surface area contributed by atoms with E-state index in [1.807, 2.05) is 0 Å². The van der Waals surface area contributed by atoms with Crippen LogP contribution in [0, 0.1) is 0 Å². The van der Waals surface area contributed by atoms with Crippen LogP contribution in [0.4, 0.5) is 22.7 Å². The minimum atomic E-state index is -1.28. The molecule has 4 aromatic rings. The molecule has 0 saturated carbocycles. The van der Waals surface area contributed by atoms with Crippen LogP contribution in [0.25, 0.3) is 0 Å². The summed E-state index contributed by atoms with van der Waals surface area (Å²) < 4.78 is 15.8. The molecule has 11 heteroatoms. The number of anilines is 4. The lowest BCUT2D eigenvalue weighted by Gasteiger charge is -2.13. The Labute approximate surface area is 235 Å². The molecule has 0 N–H and O–H groups in total. The monoisotopic (exact) mass is 566 g/mol. The zero-order chi connectivity index (χ0) is 28.1. The van der Waals surface area contributed by atoms with Crippen molar-refractivity contribution in [3.8, 4) is 0 Å². The molecule has 9 nitrogen and oxygen atoms in total. The Morgan fingerprint density at radius 3 is 0.718 bits per heavy atom. The fourth-order valence-corrected chi connectivity index (χ4v) is 7.56. The summed E-state index contributed by atoms with van der Waals surface area (Å²) in [6.45, 7) is 0. The van der Waals surface area contributed by atoms with Crippen molar-refractivity contribution in [2.45, 2.75) is 0 Å². The van der Waals surface area contributed by atoms with Gasteiger partial charge in [-0.15, -0.1) is 17.4 Å². The van der Waals surface area contributed by atoms with E-state index >= 15 is 0 Å². The highest BCUT2D eigenvalue weighted by Crippen LogP contribution is 2.41. The summed E-state index contributed by atoms with van der Waals surface area (Å²) in [5, 5.41) is 0. The fourth-order valence-electron chi connectivity index (χ4n) is 3.76. The lowest BCUT2D eigenvalue weighted by molar-refractivity contribution is -0.658. The average Bonchev–Trinajstić information content (AvgIpc) is 2.94. The molecular formula is C28H40N8OP2+4. The first-order chi connectivity index (χ1) is 18.6. The molecule has 204 valence electrons. The summed E-state index contributed by atoms with van der Waals surface area (Å²) in [5.74, 6) is 0. The van der Waals surface area contributed by atoms with E-state index in [1.54, 1.807) is 0 Å². The van der Waals surface area contributed by atoms with Crippen LogP contribution in [0.15, 0.2) is 98.1 Å². The Balaban J connectivity index is 1.79. The van der Waals surface area contributed by atoms with Gasteiger partial charge in [0.05, 0.1) is 0 Å². The molecular weight excluding hydrogens is 526 g/mol. The van der Waals surface area contributed by atoms with Gasteiger partial charge in [-0.1, -0.05) is 4.31 Å². The molecule has 39 heavy (non-hydrogen) atoms. The van der Waals surface area contributed by atoms with Crippen LogP contribution in [-0.4, -0.2) is 56.4 Å². The van der Waals surface area contributed by atoms with Crippen LogP contribution in [0.5, 0.6) is 0 Å². The van der Waals surface area contributed by atoms with Gasteiger partial charge in [0.25, 0.3) is 0 Å². The smallest absolute Gasteiger partial charge is 0.377 e. The molecule has 0 spiro atoms. The number of nitrogens with zero attached hydrogens (tertiary/aromatic N) is 8. The van der Waals surface area contributed by atoms with Crippen molar-refractivity contribution < 1.29 is 21.7 Å². The largest absolute Gasteiger partial charge is 0.682 e. The van der Waals surface area contributed by atoms with E-state index < -0.39 is 16.9 Å². The number of rotatable bonds is 10. The Morgan fingerprint density at radius 2 is 0.564 bits per heavy atom. The number of hydrogen-bond acceptors (Lipinski definition) is 5. The van der Waals surface area contributed by atoms with Crippen molar-refractivity contribution in [3.05, 3.63) is 98.1 Å². The van der Waals surface area contributed by atoms with Gasteiger partial charge >= 0.3 is 16.9 Å². The maximum atomic E-state index is 7.12. The molecule has 0 unspecified atom stereocenters. The predicted octanol–water partition coefficient (Wildman–Crippen LogP) is 3.06. The van der Waals surface area contributed by atoms with Crippen molar-refractivity contribution in [1.29, 1.82) is 0 Å². The highest BCUT2D eigenvalue weighted by molar-refractivity contribution is 7.51. The molecule has 0 radical (unpaired) electrons. The third-order valence-electron chi connectivity index (χ3n) is 6.19. The van der Waals surface area contributed by atoms with Gasteiger partial charge in [-0.25, -0.2) is 0 Å². The van der Waals surface area contributed by atoms with Gasteiger partial charge < -0.3 is 19.6 Å². The molecule has 0 saturated heterocycles. The Hall–Kier alpha value is -3.38. The molecule has 0 atom stereocenters. The van der Waals surface area contributed by atoms with Crippen LogP contribution >= 0.6 is 16.9 Å². The maximum Gasteiger partial charge on any atom is 0.682 e. The molecule has 0 fully saturated rings. The van der Waals surface area contributed by atoms with Gasteiger partial charge in [0.2, 0.25) is 0 Å². The normalized spacial score (nSPS) is 11.1.